The van der Waals surface area contributed by atoms with Gasteiger partial charge in [-0.05, 0) is 0 Å². The molecule has 0 radical (unpaired) electrons. The summed E-state index contributed by atoms with van der Waals surface area (Å²) >= 11 is 9.11. The molecular weight excluding hydrogens is 160 g/mol. The summed E-state index contributed by atoms with van der Waals surface area (Å²) in [6.45, 7) is 0. The van der Waals surface area contributed by atoms with Gasteiger partial charge in [0.05, 0.1) is 6.20 Å². The van der Waals surface area contributed by atoms with Crippen LogP contribution >= 0.6 is 24.4 Å². The van der Waals surface area contributed by atoms with Gasteiger partial charge < -0.3 is 0 Å². The summed E-state index contributed by atoms with van der Waals surface area (Å²) < 4.78 is 0.722. The Kier molecular flexibility index (Phi) is 1.78. The highest BCUT2D eigenvalue weighted by Crippen LogP contribution is 1.96. The van der Waals surface area contributed by atoms with E-state index in [1.165, 1.54) is 12.3 Å². The highest BCUT2D eigenvalue weighted by molar-refractivity contribution is 7.80. The van der Waals surface area contributed by atoms with Crippen molar-refractivity contribution in [2.24, 2.45) is 0 Å². The number of hydrogen-bond acceptors (Lipinski definition) is 3. The van der Waals surface area contributed by atoms with Gasteiger partial charge in [-0.15, -0.1) is 16.8 Å². The van der Waals surface area contributed by atoms with Crippen LogP contribution in [0.3, 0.4) is 0 Å². The van der Waals surface area contributed by atoms with E-state index in [0.717, 1.165) is 4.20 Å². The van der Waals surface area contributed by atoms with E-state index in [4.69, 9.17) is 11.8 Å². The van der Waals surface area contributed by atoms with Crippen molar-refractivity contribution in [1.82, 2.24) is 9.30 Å². The predicted octanol–water partition coefficient (Wildman–Crippen LogP) is 0.534. The Labute approximate surface area is 61.8 Å². The van der Waals surface area contributed by atoms with Gasteiger partial charge in [-0.2, -0.15) is 5.10 Å². The second-order valence-corrected chi connectivity index (χ2v) is 2.25. The van der Waals surface area contributed by atoms with Gasteiger partial charge in [0, 0.05) is 22.7 Å². The minimum atomic E-state index is -0.371. The van der Waals surface area contributed by atoms with Crippen LogP contribution in [0.1, 0.15) is 0 Å². The summed E-state index contributed by atoms with van der Waals surface area (Å²) in [6, 6.07) is 1.28. The Morgan fingerprint density at radius 2 is 2.44 bits per heavy atom. The fraction of sp³-hybridized carbons (Fsp3) is 0. The molecule has 0 unspecified atom stereocenters. The van der Waals surface area contributed by atoms with Crippen LogP contribution in [-0.4, -0.2) is 9.30 Å². The molecule has 0 N–H and O–H groups in total. The van der Waals surface area contributed by atoms with Gasteiger partial charge in [0.1, 0.15) is 0 Å². The van der Waals surface area contributed by atoms with E-state index in [9.17, 15) is 4.79 Å². The minimum absolute atomic E-state index is 0.371. The molecule has 0 aliphatic rings. The number of hydrogen-bond donors (Lipinski definition) is 1. The topological polar surface area (TPSA) is 34.9 Å². The summed E-state index contributed by atoms with van der Waals surface area (Å²) in [5.41, 5.74) is -0.371. The smallest absolute Gasteiger partial charge is 0.266 e. The van der Waals surface area contributed by atoms with E-state index in [0.29, 0.717) is 4.90 Å². The lowest BCUT2D eigenvalue weighted by Gasteiger charge is -1.89. The van der Waals surface area contributed by atoms with Crippen LogP contribution in [0.25, 0.3) is 0 Å². The quantitative estimate of drug-likeness (QED) is 0.565. The molecule has 3 nitrogen and oxygen atoms in total. The summed E-state index contributed by atoms with van der Waals surface area (Å²) in [7, 11) is 0. The first-order valence-corrected chi connectivity index (χ1v) is 2.93. The second kappa shape index (κ2) is 2.41. The van der Waals surface area contributed by atoms with Crippen LogP contribution in [-0.2, 0) is 0 Å². The van der Waals surface area contributed by atoms with Crippen molar-refractivity contribution in [3.63, 3.8) is 0 Å². The molecule has 48 valence electrons. The van der Waals surface area contributed by atoms with Gasteiger partial charge in [-0.1, -0.05) is 0 Å². The van der Waals surface area contributed by atoms with Gasteiger partial charge in [-0.25, -0.2) is 0 Å². The van der Waals surface area contributed by atoms with Gasteiger partial charge in [0.15, 0.2) is 0 Å². The zero-order valence-corrected chi connectivity index (χ0v) is 5.93. The molecular formula is C4H3ClN2OS. The molecule has 0 fully saturated rings. The molecule has 1 rings (SSSR count). The largest absolute Gasteiger partial charge is 0.283 e. The molecule has 0 atom stereocenters. The maximum atomic E-state index is 10.6. The maximum absolute atomic E-state index is 10.6. The molecule has 0 spiro atoms. The first kappa shape index (κ1) is 6.64. The molecule has 5 heteroatoms. The van der Waals surface area contributed by atoms with Gasteiger partial charge >= 0.3 is 0 Å². The predicted molar refractivity (Wildman–Crippen MR) is 37.0 cm³/mol. The zero-order chi connectivity index (χ0) is 6.85. The number of thiol groups is 1. The Balaban J connectivity index is 3.34. The fourth-order valence-electron chi connectivity index (χ4n) is 0.384. The number of rotatable bonds is 0. The molecule has 0 aliphatic heterocycles. The lowest BCUT2D eigenvalue weighted by Crippen LogP contribution is -2.13. The molecule has 0 saturated heterocycles. The Hall–Kier alpha value is -0.480. The standard InChI is InChI=1S/C4H3ClN2OS/c5-7-4(8)1-3(9)2-6-7/h1-2,9H. The van der Waals surface area contributed by atoms with Crippen LogP contribution in [0.4, 0.5) is 0 Å². The third kappa shape index (κ3) is 1.46. The van der Waals surface area contributed by atoms with E-state index in [-0.39, 0.29) is 5.56 Å². The van der Waals surface area contributed by atoms with Crippen molar-refractivity contribution in [3.05, 3.63) is 22.6 Å². The van der Waals surface area contributed by atoms with Crippen LogP contribution in [0, 0.1) is 0 Å². The Morgan fingerprint density at radius 1 is 1.78 bits per heavy atom. The molecule has 0 bridgehead atoms. The van der Waals surface area contributed by atoms with Crippen molar-refractivity contribution in [3.8, 4) is 0 Å². The lowest BCUT2D eigenvalue weighted by atomic mass is 10.6. The van der Waals surface area contributed by atoms with Crippen molar-refractivity contribution >= 4 is 24.4 Å². The Bertz CT molecular complexity index is 272. The average Bonchev–Trinajstić information content (AvgIpc) is 1.80. The van der Waals surface area contributed by atoms with E-state index < -0.39 is 0 Å². The molecule has 0 amide bonds. The highest BCUT2D eigenvalue weighted by atomic mass is 35.5. The summed E-state index contributed by atoms with van der Waals surface area (Å²) in [5.74, 6) is 0. The van der Waals surface area contributed by atoms with E-state index in [2.05, 4.69) is 17.7 Å². The molecule has 1 aromatic heterocycles. The normalized spacial score (nSPS) is 9.56. The third-order valence-corrected chi connectivity index (χ3v) is 1.24. The van der Waals surface area contributed by atoms with E-state index in [1.807, 2.05) is 0 Å². The van der Waals surface area contributed by atoms with E-state index >= 15 is 0 Å². The summed E-state index contributed by atoms with van der Waals surface area (Å²) in [5, 5.41) is 3.47. The fourth-order valence-corrected chi connectivity index (χ4v) is 0.638. The van der Waals surface area contributed by atoms with Crippen LogP contribution in [0.2, 0.25) is 0 Å². The number of nitrogens with zero attached hydrogens (tertiary/aromatic N) is 2. The van der Waals surface area contributed by atoms with Crippen LogP contribution in [0.5, 0.6) is 0 Å². The molecule has 0 aliphatic carbocycles. The van der Waals surface area contributed by atoms with Gasteiger partial charge in [-0.3, -0.25) is 4.79 Å². The first-order chi connectivity index (χ1) is 4.20. The second-order valence-electron chi connectivity index (χ2n) is 1.41. The van der Waals surface area contributed by atoms with Crippen molar-refractivity contribution in [2.45, 2.75) is 4.90 Å². The Morgan fingerprint density at radius 3 is 2.89 bits per heavy atom. The molecule has 1 aromatic rings. The minimum Gasteiger partial charge on any atom is -0.266 e. The third-order valence-electron chi connectivity index (χ3n) is 0.745. The van der Waals surface area contributed by atoms with Crippen LogP contribution < -0.4 is 5.56 Å². The van der Waals surface area contributed by atoms with Crippen molar-refractivity contribution < 1.29 is 0 Å². The van der Waals surface area contributed by atoms with Crippen molar-refractivity contribution in [1.29, 1.82) is 0 Å². The molecule has 9 heavy (non-hydrogen) atoms. The highest BCUT2D eigenvalue weighted by Gasteiger charge is 1.90. The van der Waals surface area contributed by atoms with Gasteiger partial charge in [0.25, 0.3) is 5.56 Å². The first-order valence-electron chi connectivity index (χ1n) is 2.14. The maximum Gasteiger partial charge on any atom is 0.283 e. The lowest BCUT2D eigenvalue weighted by molar-refractivity contribution is 0.880. The number of halogens is 1. The zero-order valence-electron chi connectivity index (χ0n) is 4.28. The summed E-state index contributed by atoms with van der Waals surface area (Å²) in [6.07, 6.45) is 1.39. The monoisotopic (exact) mass is 162 g/mol. The molecule has 1 heterocycles. The van der Waals surface area contributed by atoms with Crippen LogP contribution in [0.15, 0.2) is 22.0 Å². The van der Waals surface area contributed by atoms with Gasteiger partial charge in [0.2, 0.25) is 0 Å². The van der Waals surface area contributed by atoms with E-state index in [1.54, 1.807) is 0 Å². The van der Waals surface area contributed by atoms with Crippen molar-refractivity contribution in [2.75, 3.05) is 0 Å². The SMILES string of the molecule is O=c1cc(S)cnn1Cl. The summed E-state index contributed by atoms with van der Waals surface area (Å²) in [4.78, 5) is 11.1. The number of aromatic nitrogens is 2. The molecule has 0 aromatic carbocycles. The molecule has 0 saturated carbocycles. The average molecular weight is 163 g/mol.